The molecule has 0 aromatic carbocycles. The Morgan fingerprint density at radius 2 is 1.88 bits per heavy atom. The van der Waals surface area contributed by atoms with E-state index < -0.39 is 0 Å². The van der Waals surface area contributed by atoms with Crippen LogP contribution in [0, 0.1) is 28.1 Å². The molecule has 3 aliphatic carbocycles. The average Bonchev–Trinajstić information content (AvgIpc) is 2.62. The van der Waals surface area contributed by atoms with Crippen molar-refractivity contribution in [1.29, 1.82) is 0 Å². The summed E-state index contributed by atoms with van der Waals surface area (Å²) in [5.74, 6) is 1.49. The number of hydrogen-bond donors (Lipinski definition) is 1. The summed E-state index contributed by atoms with van der Waals surface area (Å²) in [6.07, 6.45) is 8.34. The Hall–Kier alpha value is -0.0400. The first-order valence-corrected chi connectivity index (χ1v) is 7.07. The topological polar surface area (TPSA) is 20.2 Å². The van der Waals surface area contributed by atoms with E-state index in [-0.39, 0.29) is 0 Å². The predicted octanol–water partition coefficient (Wildman–Crippen LogP) is 3.61. The van der Waals surface area contributed by atoms with E-state index in [1.165, 1.54) is 38.5 Å². The molecule has 0 aliphatic heterocycles. The lowest BCUT2D eigenvalue weighted by Gasteiger charge is -2.54. The quantitative estimate of drug-likeness (QED) is 0.718. The predicted molar refractivity (Wildman–Crippen MR) is 66.1 cm³/mol. The van der Waals surface area contributed by atoms with Crippen LogP contribution in [-0.2, 0) is 0 Å². The van der Waals surface area contributed by atoms with E-state index in [1.807, 2.05) is 0 Å². The van der Waals surface area contributed by atoms with Gasteiger partial charge in [-0.2, -0.15) is 0 Å². The Bertz CT molecular complexity index is 309. The maximum absolute atomic E-state index is 9.88. The summed E-state index contributed by atoms with van der Waals surface area (Å²) in [7, 11) is 0. The van der Waals surface area contributed by atoms with Crippen molar-refractivity contribution in [2.24, 2.45) is 28.1 Å². The highest BCUT2D eigenvalue weighted by atomic mass is 16.3. The van der Waals surface area contributed by atoms with Gasteiger partial charge in [0.2, 0.25) is 0 Å². The smallest absolute Gasteiger partial charge is 0.0470 e. The molecule has 1 N–H and O–H groups in total. The number of hydrogen-bond acceptors (Lipinski definition) is 1. The number of rotatable bonds is 1. The van der Waals surface area contributed by atoms with Crippen LogP contribution in [-0.4, -0.2) is 11.7 Å². The average molecular weight is 222 g/mol. The zero-order valence-corrected chi connectivity index (χ0v) is 11.1. The maximum Gasteiger partial charge on any atom is 0.0470 e. The minimum absolute atomic E-state index is 0.427. The molecule has 16 heavy (non-hydrogen) atoms. The van der Waals surface area contributed by atoms with Crippen molar-refractivity contribution in [3.63, 3.8) is 0 Å². The summed E-state index contributed by atoms with van der Waals surface area (Å²) in [5, 5.41) is 9.88. The van der Waals surface area contributed by atoms with E-state index in [0.29, 0.717) is 28.8 Å². The van der Waals surface area contributed by atoms with Gasteiger partial charge >= 0.3 is 0 Å². The number of fused-ring (bicyclic) bond motifs is 1. The molecule has 3 fully saturated rings. The van der Waals surface area contributed by atoms with Crippen LogP contribution in [0.1, 0.15) is 59.3 Å². The van der Waals surface area contributed by atoms with Crippen LogP contribution in [0.4, 0.5) is 0 Å². The molecule has 1 heteroatoms. The van der Waals surface area contributed by atoms with Gasteiger partial charge in [-0.15, -0.1) is 0 Å². The first-order valence-electron chi connectivity index (χ1n) is 7.07. The Morgan fingerprint density at radius 3 is 2.56 bits per heavy atom. The molecule has 92 valence electrons. The molecule has 1 spiro atoms. The second-order valence-corrected chi connectivity index (χ2v) is 7.61. The van der Waals surface area contributed by atoms with Gasteiger partial charge in [-0.1, -0.05) is 27.2 Å². The molecule has 0 unspecified atom stereocenters. The van der Waals surface area contributed by atoms with E-state index in [4.69, 9.17) is 0 Å². The standard InChI is InChI=1S/C15H26O/c1-13(2)6-4-5-11-9-14(3)7-8-15(11,13)12(14)10-16/h11-12,16H,4-10H2,1-3H3/t11-,12-,14-,15-/m0/s1. The van der Waals surface area contributed by atoms with Crippen molar-refractivity contribution in [3.05, 3.63) is 0 Å². The van der Waals surface area contributed by atoms with Crippen LogP contribution in [0.15, 0.2) is 0 Å². The summed E-state index contributed by atoms with van der Waals surface area (Å²) < 4.78 is 0. The third-order valence-electron chi connectivity index (χ3n) is 6.81. The first kappa shape index (κ1) is 11.1. The normalized spacial score (nSPS) is 54.0. The van der Waals surface area contributed by atoms with Crippen LogP contribution >= 0.6 is 0 Å². The van der Waals surface area contributed by atoms with Crippen LogP contribution in [0.3, 0.4) is 0 Å². The van der Waals surface area contributed by atoms with Crippen LogP contribution in [0.25, 0.3) is 0 Å². The van der Waals surface area contributed by atoms with E-state index in [2.05, 4.69) is 20.8 Å². The van der Waals surface area contributed by atoms with Crippen molar-refractivity contribution in [2.75, 3.05) is 6.61 Å². The molecular formula is C15H26O. The molecule has 0 amide bonds. The van der Waals surface area contributed by atoms with E-state index in [9.17, 15) is 5.11 Å². The lowest BCUT2D eigenvalue weighted by atomic mass is 9.51. The largest absolute Gasteiger partial charge is 0.396 e. The lowest BCUT2D eigenvalue weighted by Crippen LogP contribution is -2.47. The minimum Gasteiger partial charge on any atom is -0.396 e. The van der Waals surface area contributed by atoms with Crippen LogP contribution in [0.2, 0.25) is 0 Å². The van der Waals surface area contributed by atoms with E-state index >= 15 is 0 Å². The molecule has 0 aromatic rings. The van der Waals surface area contributed by atoms with Gasteiger partial charge in [0.15, 0.2) is 0 Å². The Labute approximate surface area is 99.6 Å². The molecule has 2 bridgehead atoms. The molecule has 0 aromatic heterocycles. The molecule has 1 nitrogen and oxygen atoms in total. The van der Waals surface area contributed by atoms with Gasteiger partial charge in [-0.3, -0.25) is 0 Å². The Kier molecular flexibility index (Phi) is 2.11. The van der Waals surface area contributed by atoms with E-state index in [1.54, 1.807) is 0 Å². The zero-order chi connectivity index (χ0) is 11.6. The molecule has 0 radical (unpaired) electrons. The molecule has 0 heterocycles. The Morgan fingerprint density at radius 1 is 1.12 bits per heavy atom. The molecule has 3 aliphatic rings. The van der Waals surface area contributed by atoms with Gasteiger partial charge in [0, 0.05) is 6.61 Å². The highest BCUT2D eigenvalue weighted by Crippen LogP contribution is 2.76. The summed E-state index contributed by atoms with van der Waals surface area (Å²) in [4.78, 5) is 0. The monoisotopic (exact) mass is 222 g/mol. The second-order valence-electron chi connectivity index (χ2n) is 7.61. The van der Waals surface area contributed by atoms with Crippen molar-refractivity contribution in [3.8, 4) is 0 Å². The zero-order valence-electron chi connectivity index (χ0n) is 11.1. The number of aliphatic hydroxyl groups excluding tert-OH is 1. The molecule has 3 saturated carbocycles. The van der Waals surface area contributed by atoms with Gasteiger partial charge < -0.3 is 5.11 Å². The summed E-state index contributed by atoms with van der Waals surface area (Å²) in [6, 6.07) is 0. The summed E-state index contributed by atoms with van der Waals surface area (Å²) in [6.45, 7) is 7.81. The summed E-state index contributed by atoms with van der Waals surface area (Å²) in [5.41, 5.74) is 1.40. The molecule has 4 atom stereocenters. The SMILES string of the molecule is CC1(C)CCC[C@H]2C[C@]3(C)CC[C@@]21[C@H]3CO. The fraction of sp³-hybridized carbons (Fsp3) is 1.00. The fourth-order valence-electron chi connectivity index (χ4n) is 6.07. The first-order chi connectivity index (χ1) is 7.46. The van der Waals surface area contributed by atoms with Crippen molar-refractivity contribution in [1.82, 2.24) is 0 Å². The minimum atomic E-state index is 0.427. The third-order valence-corrected chi connectivity index (χ3v) is 6.81. The third kappa shape index (κ3) is 1.02. The molecule has 0 saturated heterocycles. The summed E-state index contributed by atoms with van der Waals surface area (Å²) >= 11 is 0. The van der Waals surface area contributed by atoms with Gasteiger partial charge in [-0.05, 0) is 60.2 Å². The van der Waals surface area contributed by atoms with Gasteiger partial charge in [0.25, 0.3) is 0 Å². The Balaban J connectivity index is 2.09. The number of aliphatic hydroxyl groups is 1. The maximum atomic E-state index is 9.88. The van der Waals surface area contributed by atoms with E-state index in [0.717, 1.165) is 5.92 Å². The highest BCUT2D eigenvalue weighted by molar-refractivity contribution is 5.18. The molecular weight excluding hydrogens is 196 g/mol. The van der Waals surface area contributed by atoms with Gasteiger partial charge in [-0.25, -0.2) is 0 Å². The van der Waals surface area contributed by atoms with Gasteiger partial charge in [0.05, 0.1) is 0 Å². The van der Waals surface area contributed by atoms with Crippen molar-refractivity contribution >= 4 is 0 Å². The van der Waals surface area contributed by atoms with Crippen LogP contribution in [0.5, 0.6) is 0 Å². The fourth-order valence-corrected chi connectivity index (χ4v) is 6.07. The lowest BCUT2D eigenvalue weighted by molar-refractivity contribution is -0.0640. The van der Waals surface area contributed by atoms with Crippen molar-refractivity contribution < 1.29 is 5.11 Å². The van der Waals surface area contributed by atoms with Crippen LogP contribution < -0.4 is 0 Å². The second kappa shape index (κ2) is 3.04. The van der Waals surface area contributed by atoms with Crippen molar-refractivity contribution in [2.45, 2.75) is 59.3 Å². The highest BCUT2D eigenvalue weighted by Gasteiger charge is 2.69. The van der Waals surface area contributed by atoms with Gasteiger partial charge in [0.1, 0.15) is 0 Å². The molecule has 3 rings (SSSR count).